The number of carbonyl (C=O) groups excluding carboxylic acids is 1. The highest BCUT2D eigenvalue weighted by molar-refractivity contribution is 7.12. The van der Waals surface area contributed by atoms with Crippen LogP contribution in [0.1, 0.15) is 52.4 Å². The van der Waals surface area contributed by atoms with Gasteiger partial charge in [-0.05, 0) is 49.7 Å². The van der Waals surface area contributed by atoms with Crippen LogP contribution in [0.4, 0.5) is 0 Å². The highest BCUT2D eigenvalue weighted by Gasteiger charge is 2.44. The molecule has 156 valence electrons. The normalized spacial score (nSPS) is 21.0. The molecule has 1 saturated carbocycles. The number of hydrogen-bond acceptors (Lipinski definition) is 5. The summed E-state index contributed by atoms with van der Waals surface area (Å²) in [5, 5.41) is 2.04. The number of fused-ring (bicyclic) bond motifs is 2. The second-order valence-corrected chi connectivity index (χ2v) is 9.90. The maximum Gasteiger partial charge on any atom is 0.263 e. The average molecular weight is 415 g/mol. The van der Waals surface area contributed by atoms with Crippen LogP contribution in [0, 0.1) is 12.8 Å². The minimum atomic E-state index is -0.340. The number of imidazole rings is 1. The van der Waals surface area contributed by atoms with Crippen LogP contribution in [0.5, 0.6) is 0 Å². The van der Waals surface area contributed by atoms with Crippen LogP contribution >= 0.6 is 11.3 Å². The SMILES string of the molecule is Cc1csc(C(=O)N2CCC3(CC2)OCCn2c(CN(C)CC4CC4)cnc23)c1. The smallest absolute Gasteiger partial charge is 0.263 e. The zero-order chi connectivity index (χ0) is 20.0. The summed E-state index contributed by atoms with van der Waals surface area (Å²) in [6, 6.07) is 1.99. The Hall–Kier alpha value is -1.70. The fourth-order valence-electron chi connectivity index (χ4n) is 4.77. The molecular formula is C22H30N4O2S. The quantitative estimate of drug-likeness (QED) is 0.754. The molecule has 4 heterocycles. The number of likely N-dealkylation sites (tertiary alicyclic amines) is 1. The first-order chi connectivity index (χ1) is 14.0. The van der Waals surface area contributed by atoms with Crippen molar-refractivity contribution in [3.8, 4) is 0 Å². The number of nitrogens with zero attached hydrogens (tertiary/aromatic N) is 4. The Morgan fingerprint density at radius 2 is 2.14 bits per heavy atom. The van der Waals surface area contributed by atoms with Crippen LogP contribution in [0.25, 0.3) is 0 Å². The van der Waals surface area contributed by atoms with Crippen molar-refractivity contribution >= 4 is 17.2 Å². The third-order valence-corrected chi connectivity index (χ3v) is 7.57. The standard InChI is InChI=1S/C22H30N4O2S/c1-16-11-19(29-15-16)20(27)25-7-5-22(6-8-25)21-23-12-18(26(21)9-10-28-22)14-24(2)13-17-3-4-17/h11-12,15,17H,3-10,13-14H2,1-2H3. The summed E-state index contributed by atoms with van der Waals surface area (Å²) >= 11 is 1.54. The van der Waals surface area contributed by atoms with Gasteiger partial charge in [0, 0.05) is 51.8 Å². The summed E-state index contributed by atoms with van der Waals surface area (Å²) < 4.78 is 8.71. The number of ether oxygens (including phenoxy) is 1. The van der Waals surface area contributed by atoms with Gasteiger partial charge < -0.3 is 19.1 Å². The van der Waals surface area contributed by atoms with Gasteiger partial charge in [-0.3, -0.25) is 4.79 Å². The fourth-order valence-corrected chi connectivity index (χ4v) is 5.63. The van der Waals surface area contributed by atoms with E-state index in [2.05, 4.69) is 16.5 Å². The van der Waals surface area contributed by atoms with E-state index in [4.69, 9.17) is 9.72 Å². The molecule has 6 nitrogen and oxygen atoms in total. The van der Waals surface area contributed by atoms with E-state index in [1.165, 1.54) is 25.1 Å². The Kier molecular flexibility index (Phi) is 5.00. The van der Waals surface area contributed by atoms with Gasteiger partial charge in [0.1, 0.15) is 11.4 Å². The van der Waals surface area contributed by atoms with E-state index in [1.807, 2.05) is 29.5 Å². The minimum Gasteiger partial charge on any atom is -0.365 e. The first-order valence-electron chi connectivity index (χ1n) is 10.8. The Morgan fingerprint density at radius 3 is 2.83 bits per heavy atom. The monoisotopic (exact) mass is 414 g/mol. The Labute approximate surface area is 176 Å². The van der Waals surface area contributed by atoms with Crippen molar-refractivity contribution in [3.05, 3.63) is 39.6 Å². The number of rotatable bonds is 5. The number of amides is 1. The lowest BCUT2D eigenvalue weighted by Crippen LogP contribution is -2.49. The van der Waals surface area contributed by atoms with Gasteiger partial charge in [0.2, 0.25) is 0 Å². The van der Waals surface area contributed by atoms with Crippen LogP contribution in [-0.2, 0) is 23.4 Å². The van der Waals surface area contributed by atoms with Gasteiger partial charge >= 0.3 is 0 Å². The molecule has 3 aliphatic rings. The fraction of sp³-hybridized carbons (Fsp3) is 0.636. The molecule has 1 saturated heterocycles. The summed E-state index contributed by atoms with van der Waals surface area (Å²) in [6.07, 6.45) is 6.44. The van der Waals surface area contributed by atoms with Crippen molar-refractivity contribution in [2.24, 2.45) is 5.92 Å². The maximum atomic E-state index is 12.8. The van der Waals surface area contributed by atoms with Crippen molar-refractivity contribution in [1.29, 1.82) is 0 Å². The number of aromatic nitrogens is 2. The van der Waals surface area contributed by atoms with Gasteiger partial charge in [-0.2, -0.15) is 0 Å². The van der Waals surface area contributed by atoms with Gasteiger partial charge in [0.05, 0.1) is 17.2 Å². The van der Waals surface area contributed by atoms with Gasteiger partial charge in [-0.15, -0.1) is 11.3 Å². The second kappa shape index (κ2) is 7.52. The lowest BCUT2D eigenvalue weighted by atomic mass is 9.89. The van der Waals surface area contributed by atoms with Crippen molar-refractivity contribution in [1.82, 2.24) is 19.4 Å². The molecule has 0 N–H and O–H groups in total. The van der Waals surface area contributed by atoms with E-state index in [9.17, 15) is 4.79 Å². The molecule has 7 heteroatoms. The molecule has 1 amide bonds. The number of aryl methyl sites for hydroxylation is 1. The topological polar surface area (TPSA) is 50.6 Å². The summed E-state index contributed by atoms with van der Waals surface area (Å²) in [7, 11) is 2.21. The van der Waals surface area contributed by atoms with E-state index in [0.717, 1.165) is 67.8 Å². The third-order valence-electron chi connectivity index (χ3n) is 6.54. The average Bonchev–Trinajstić information content (AvgIpc) is 3.26. The largest absolute Gasteiger partial charge is 0.365 e. The predicted octanol–water partition coefficient (Wildman–Crippen LogP) is 3.26. The second-order valence-electron chi connectivity index (χ2n) is 8.99. The molecule has 5 rings (SSSR count). The molecule has 1 aliphatic carbocycles. The van der Waals surface area contributed by atoms with Gasteiger partial charge in [-0.25, -0.2) is 4.98 Å². The molecule has 2 aromatic rings. The van der Waals surface area contributed by atoms with Gasteiger partial charge in [0.25, 0.3) is 5.91 Å². The van der Waals surface area contributed by atoms with E-state index in [1.54, 1.807) is 11.3 Å². The van der Waals surface area contributed by atoms with Crippen LogP contribution in [0.15, 0.2) is 17.6 Å². The van der Waals surface area contributed by atoms with Gasteiger partial charge in [-0.1, -0.05) is 0 Å². The Balaban J connectivity index is 1.28. The summed E-state index contributed by atoms with van der Waals surface area (Å²) in [5.74, 6) is 2.12. The molecule has 2 aliphatic heterocycles. The molecule has 0 radical (unpaired) electrons. The molecule has 2 fully saturated rings. The van der Waals surface area contributed by atoms with Crippen molar-refractivity contribution in [2.45, 2.75) is 51.3 Å². The van der Waals surface area contributed by atoms with E-state index in [0.29, 0.717) is 0 Å². The van der Waals surface area contributed by atoms with Crippen LogP contribution < -0.4 is 0 Å². The highest BCUT2D eigenvalue weighted by atomic mass is 32.1. The van der Waals surface area contributed by atoms with Crippen LogP contribution in [-0.4, -0.2) is 58.5 Å². The number of hydrogen-bond donors (Lipinski definition) is 0. The lowest BCUT2D eigenvalue weighted by Gasteiger charge is -2.43. The first kappa shape index (κ1) is 19.3. The van der Waals surface area contributed by atoms with E-state index in [-0.39, 0.29) is 11.5 Å². The van der Waals surface area contributed by atoms with Crippen molar-refractivity contribution in [3.63, 3.8) is 0 Å². The summed E-state index contributed by atoms with van der Waals surface area (Å²) in [4.78, 5) is 22.9. The van der Waals surface area contributed by atoms with Crippen molar-refractivity contribution < 1.29 is 9.53 Å². The first-order valence-corrected chi connectivity index (χ1v) is 11.6. The Bertz CT molecular complexity index is 893. The molecule has 0 aromatic carbocycles. The number of thiophene rings is 1. The molecule has 0 unspecified atom stereocenters. The minimum absolute atomic E-state index is 0.152. The molecule has 0 atom stereocenters. The van der Waals surface area contributed by atoms with Crippen LogP contribution in [0.3, 0.4) is 0 Å². The molecule has 1 spiro atoms. The lowest BCUT2D eigenvalue weighted by molar-refractivity contribution is -0.112. The van der Waals surface area contributed by atoms with E-state index >= 15 is 0 Å². The number of piperidine rings is 1. The van der Waals surface area contributed by atoms with Crippen molar-refractivity contribution in [2.75, 3.05) is 33.3 Å². The van der Waals surface area contributed by atoms with E-state index < -0.39 is 0 Å². The zero-order valence-electron chi connectivity index (χ0n) is 17.4. The summed E-state index contributed by atoms with van der Waals surface area (Å²) in [6.45, 7) is 7.21. The zero-order valence-corrected chi connectivity index (χ0v) is 18.2. The van der Waals surface area contributed by atoms with Gasteiger partial charge in [0.15, 0.2) is 0 Å². The van der Waals surface area contributed by atoms with Crippen LogP contribution in [0.2, 0.25) is 0 Å². The predicted molar refractivity (Wildman–Crippen MR) is 113 cm³/mol. The Morgan fingerprint density at radius 1 is 1.34 bits per heavy atom. The highest BCUT2D eigenvalue weighted by Crippen LogP contribution is 2.39. The maximum absolute atomic E-state index is 12.8. The molecule has 2 aromatic heterocycles. The third kappa shape index (κ3) is 3.76. The molecular weight excluding hydrogens is 384 g/mol. The molecule has 29 heavy (non-hydrogen) atoms. The molecule has 0 bridgehead atoms. The summed E-state index contributed by atoms with van der Waals surface area (Å²) in [5.41, 5.74) is 2.11. The number of carbonyl (C=O) groups is 1.